The number of fused-ring (bicyclic) bond motifs is 1. The molecule has 5 rings (SSSR count). The number of hydrogen-bond acceptors (Lipinski definition) is 6. The van der Waals surface area contributed by atoms with Crippen LogP contribution in [0.5, 0.6) is 5.75 Å². The number of aryl methyl sites for hydroxylation is 1. The third kappa shape index (κ3) is 5.06. The second-order valence-corrected chi connectivity index (χ2v) is 9.04. The van der Waals surface area contributed by atoms with Crippen molar-refractivity contribution < 1.29 is 13.5 Å². The largest absolute Gasteiger partial charge is 0.494 e. The zero-order valence-electron chi connectivity index (χ0n) is 20.9. The monoisotopic (exact) mass is 528 g/mol. The molecule has 0 atom stereocenters. The summed E-state index contributed by atoms with van der Waals surface area (Å²) in [5.74, 6) is -1.02. The van der Waals surface area contributed by atoms with Crippen molar-refractivity contribution >= 4 is 35.2 Å². The van der Waals surface area contributed by atoms with E-state index >= 15 is 0 Å². The molecule has 3 heterocycles. The molecule has 196 valence electrons. The van der Waals surface area contributed by atoms with Crippen molar-refractivity contribution in [2.45, 2.75) is 26.2 Å². The maximum absolute atomic E-state index is 14.8. The summed E-state index contributed by atoms with van der Waals surface area (Å²) in [6.07, 6.45) is 7.93. The van der Waals surface area contributed by atoms with Gasteiger partial charge >= 0.3 is 0 Å². The average molecular weight is 529 g/mol. The molecule has 1 aliphatic rings. The molecule has 0 radical (unpaired) electrons. The van der Waals surface area contributed by atoms with Crippen molar-refractivity contribution in [3.8, 4) is 17.0 Å². The summed E-state index contributed by atoms with van der Waals surface area (Å²) in [5.41, 5.74) is 10.3. The smallest absolute Gasteiger partial charge is 0.201 e. The summed E-state index contributed by atoms with van der Waals surface area (Å²) in [6, 6.07) is 9.21. The molecule has 4 aromatic rings. The summed E-state index contributed by atoms with van der Waals surface area (Å²) in [6.45, 7) is 4.94. The SMILES string of the molecule is CCc1cc(Nc2nccn3c(-c4ccc(OC)c(F)c4F)cnc23)ccc1N1CCC(CN)CC1.Cl. The van der Waals surface area contributed by atoms with Gasteiger partial charge in [-0.1, -0.05) is 6.92 Å². The highest BCUT2D eigenvalue weighted by molar-refractivity contribution is 5.85. The fourth-order valence-electron chi connectivity index (χ4n) is 4.90. The van der Waals surface area contributed by atoms with Crippen molar-refractivity contribution in [1.82, 2.24) is 14.4 Å². The van der Waals surface area contributed by atoms with Gasteiger partial charge in [0.25, 0.3) is 0 Å². The Bertz CT molecular complexity index is 1390. The van der Waals surface area contributed by atoms with Gasteiger partial charge in [0, 0.05) is 42.4 Å². The summed E-state index contributed by atoms with van der Waals surface area (Å²) in [7, 11) is 1.30. The summed E-state index contributed by atoms with van der Waals surface area (Å²) in [4.78, 5) is 11.4. The molecule has 0 unspecified atom stereocenters. The quantitative estimate of drug-likeness (QED) is 0.326. The normalized spacial score (nSPS) is 14.0. The highest BCUT2D eigenvalue weighted by Gasteiger charge is 2.21. The van der Waals surface area contributed by atoms with Crippen LogP contribution in [0.1, 0.15) is 25.3 Å². The molecule has 0 spiro atoms. The first-order chi connectivity index (χ1) is 17.5. The number of ether oxygens (including phenoxy) is 1. The van der Waals surface area contributed by atoms with E-state index in [1.54, 1.807) is 16.8 Å². The number of nitrogens with one attached hydrogen (secondary N) is 1. The number of anilines is 3. The van der Waals surface area contributed by atoms with Gasteiger partial charge in [0.05, 0.1) is 19.0 Å². The van der Waals surface area contributed by atoms with Crippen LogP contribution in [-0.4, -0.2) is 41.1 Å². The zero-order chi connectivity index (χ0) is 25.2. The van der Waals surface area contributed by atoms with Crippen molar-refractivity contribution in [1.29, 1.82) is 0 Å². The number of rotatable bonds is 7. The van der Waals surface area contributed by atoms with E-state index in [4.69, 9.17) is 10.5 Å². The first-order valence-corrected chi connectivity index (χ1v) is 12.2. The lowest BCUT2D eigenvalue weighted by Crippen LogP contribution is -2.36. The van der Waals surface area contributed by atoms with Gasteiger partial charge in [-0.25, -0.2) is 14.4 Å². The minimum absolute atomic E-state index is 0. The van der Waals surface area contributed by atoms with E-state index in [0.717, 1.165) is 44.6 Å². The molecule has 0 aliphatic carbocycles. The second-order valence-electron chi connectivity index (χ2n) is 9.04. The molecule has 0 bridgehead atoms. The minimum atomic E-state index is -1.03. The van der Waals surface area contributed by atoms with Crippen LogP contribution in [0.4, 0.5) is 26.0 Å². The van der Waals surface area contributed by atoms with Crippen molar-refractivity contribution in [3.63, 3.8) is 0 Å². The standard InChI is InChI=1S/C27H30F2N6O.ClH/c1-3-18-14-19(4-6-21(18)34-11-8-17(15-30)9-12-34)33-26-27-32-16-22(35(27)13-10-31-26)20-5-7-23(36-2)25(29)24(20)28;/h4-7,10,13-14,16-17H,3,8-9,11-12,15,30H2,1-2H3,(H,31,33);1H. The number of benzene rings is 2. The molecule has 2 aromatic heterocycles. The van der Waals surface area contributed by atoms with E-state index in [1.807, 2.05) is 6.07 Å². The predicted octanol–water partition coefficient (Wildman–Crippen LogP) is 5.59. The number of aromatic nitrogens is 3. The van der Waals surface area contributed by atoms with Crippen LogP contribution in [-0.2, 0) is 6.42 Å². The number of nitrogens with two attached hydrogens (primary N) is 1. The molecule has 0 amide bonds. The Morgan fingerprint density at radius 3 is 2.59 bits per heavy atom. The molecule has 3 N–H and O–H groups in total. The average Bonchev–Trinajstić information content (AvgIpc) is 3.35. The summed E-state index contributed by atoms with van der Waals surface area (Å²) < 4.78 is 35.7. The van der Waals surface area contributed by atoms with Gasteiger partial charge in [-0.2, -0.15) is 4.39 Å². The first-order valence-electron chi connectivity index (χ1n) is 12.2. The van der Waals surface area contributed by atoms with Crippen LogP contribution in [0.3, 0.4) is 0 Å². The highest BCUT2D eigenvalue weighted by Crippen LogP contribution is 2.33. The lowest BCUT2D eigenvalue weighted by molar-refractivity contribution is 0.372. The molecule has 2 aromatic carbocycles. The van der Waals surface area contributed by atoms with Gasteiger partial charge in [-0.3, -0.25) is 4.40 Å². The lowest BCUT2D eigenvalue weighted by atomic mass is 9.96. The second kappa shape index (κ2) is 11.3. The molecular formula is C27H31ClF2N6O. The van der Waals surface area contributed by atoms with Crippen molar-refractivity contribution in [2.24, 2.45) is 11.7 Å². The summed E-state index contributed by atoms with van der Waals surface area (Å²) >= 11 is 0. The Balaban J connectivity index is 0.00000320. The van der Waals surface area contributed by atoms with Crippen LogP contribution in [0.25, 0.3) is 16.9 Å². The fraction of sp³-hybridized carbons (Fsp3) is 0.333. The summed E-state index contributed by atoms with van der Waals surface area (Å²) in [5, 5.41) is 3.36. The molecule has 37 heavy (non-hydrogen) atoms. The Morgan fingerprint density at radius 2 is 1.89 bits per heavy atom. The maximum Gasteiger partial charge on any atom is 0.201 e. The Kier molecular flexibility index (Phi) is 8.14. The van der Waals surface area contributed by atoms with E-state index in [0.29, 0.717) is 23.1 Å². The van der Waals surface area contributed by atoms with Crippen LogP contribution in [0, 0.1) is 17.6 Å². The van der Waals surface area contributed by atoms with Gasteiger partial charge in [-0.05, 0) is 67.6 Å². The third-order valence-electron chi connectivity index (χ3n) is 6.98. The fourth-order valence-corrected chi connectivity index (χ4v) is 4.90. The van der Waals surface area contributed by atoms with Gasteiger partial charge < -0.3 is 20.7 Å². The van der Waals surface area contributed by atoms with Gasteiger partial charge in [-0.15, -0.1) is 12.4 Å². The van der Waals surface area contributed by atoms with Crippen LogP contribution < -0.4 is 20.7 Å². The zero-order valence-corrected chi connectivity index (χ0v) is 21.7. The van der Waals surface area contributed by atoms with E-state index in [2.05, 4.69) is 39.2 Å². The molecule has 1 saturated heterocycles. The molecule has 7 nitrogen and oxygen atoms in total. The Labute approximate surface area is 221 Å². The van der Waals surface area contributed by atoms with Crippen LogP contribution >= 0.6 is 12.4 Å². The molecule has 1 fully saturated rings. The number of nitrogens with zero attached hydrogens (tertiary/aromatic N) is 4. The van der Waals surface area contributed by atoms with Gasteiger partial charge in [0.1, 0.15) is 0 Å². The number of hydrogen-bond donors (Lipinski definition) is 2. The van der Waals surface area contributed by atoms with Gasteiger partial charge in [0.2, 0.25) is 5.82 Å². The van der Waals surface area contributed by atoms with E-state index in [1.165, 1.54) is 36.7 Å². The number of halogens is 3. The molecule has 0 saturated carbocycles. The van der Waals surface area contributed by atoms with Crippen LogP contribution in [0.2, 0.25) is 0 Å². The molecular weight excluding hydrogens is 498 g/mol. The molecule has 10 heteroatoms. The molecule has 1 aliphatic heterocycles. The highest BCUT2D eigenvalue weighted by atomic mass is 35.5. The number of imidazole rings is 1. The van der Waals surface area contributed by atoms with E-state index in [9.17, 15) is 8.78 Å². The number of methoxy groups -OCH3 is 1. The maximum atomic E-state index is 14.8. The topological polar surface area (TPSA) is 80.7 Å². The van der Waals surface area contributed by atoms with Crippen LogP contribution in [0.15, 0.2) is 48.9 Å². The first kappa shape index (κ1) is 26.6. The van der Waals surface area contributed by atoms with E-state index in [-0.39, 0.29) is 23.7 Å². The number of piperidine rings is 1. The van der Waals surface area contributed by atoms with Gasteiger partial charge in [0.15, 0.2) is 23.0 Å². The minimum Gasteiger partial charge on any atom is -0.494 e. The van der Waals surface area contributed by atoms with E-state index < -0.39 is 11.6 Å². The Morgan fingerprint density at radius 1 is 1.11 bits per heavy atom. The van der Waals surface area contributed by atoms with Crippen molar-refractivity contribution in [2.75, 3.05) is 37.0 Å². The third-order valence-corrected chi connectivity index (χ3v) is 6.98. The lowest BCUT2D eigenvalue weighted by Gasteiger charge is -2.34. The predicted molar refractivity (Wildman–Crippen MR) is 145 cm³/mol. The Hall–Kier alpha value is -3.43. The van der Waals surface area contributed by atoms with Crippen molar-refractivity contribution in [3.05, 3.63) is 66.1 Å².